The summed E-state index contributed by atoms with van der Waals surface area (Å²) < 4.78 is 33.5. The van der Waals surface area contributed by atoms with E-state index >= 15 is 0 Å². The maximum absolute atomic E-state index is 13.0. The molecule has 1 unspecified atom stereocenters. The summed E-state index contributed by atoms with van der Waals surface area (Å²) in [6, 6.07) is 14.6. The highest BCUT2D eigenvalue weighted by Crippen LogP contribution is 2.20. The summed E-state index contributed by atoms with van der Waals surface area (Å²) in [6.45, 7) is 4.13. The normalized spacial score (nSPS) is 18.0. The lowest BCUT2D eigenvalue weighted by Gasteiger charge is -2.33. The van der Waals surface area contributed by atoms with Gasteiger partial charge in [0.05, 0.1) is 17.6 Å². The Morgan fingerprint density at radius 2 is 1.96 bits per heavy atom. The molecule has 0 bridgehead atoms. The van der Waals surface area contributed by atoms with Crippen LogP contribution < -0.4 is 4.72 Å². The van der Waals surface area contributed by atoms with Crippen molar-refractivity contribution in [2.24, 2.45) is 0 Å². The van der Waals surface area contributed by atoms with Gasteiger partial charge >= 0.3 is 5.97 Å². The fraction of sp³-hybridized carbons (Fsp3) is 0.381. The predicted octanol–water partition coefficient (Wildman–Crippen LogP) is 2.72. The van der Waals surface area contributed by atoms with Crippen LogP contribution in [0.4, 0.5) is 0 Å². The molecule has 2 aromatic carbocycles. The molecule has 1 N–H and O–H groups in total. The standard InChI is InChI=1S/C21H26N2O4S/c1-16-10-11-18(21(24)27-2)13-20(16)28(25,26)22-19-9-6-12-23(15-19)14-17-7-4-3-5-8-17/h3-5,7-8,10-11,13,19,22H,6,9,12,14-15H2,1-2H3. The van der Waals surface area contributed by atoms with Crippen molar-refractivity contribution in [3.63, 3.8) is 0 Å². The second-order valence-electron chi connectivity index (χ2n) is 7.15. The van der Waals surface area contributed by atoms with Gasteiger partial charge in [0.15, 0.2) is 0 Å². The third-order valence-corrected chi connectivity index (χ3v) is 6.64. The molecule has 0 radical (unpaired) electrons. The van der Waals surface area contributed by atoms with Crippen molar-refractivity contribution in [1.29, 1.82) is 0 Å². The van der Waals surface area contributed by atoms with Crippen LogP contribution in [0.1, 0.15) is 34.3 Å². The molecular formula is C21H26N2O4S. The van der Waals surface area contributed by atoms with Gasteiger partial charge in [0, 0.05) is 19.1 Å². The smallest absolute Gasteiger partial charge is 0.337 e. The number of likely N-dealkylation sites (tertiary alicyclic amines) is 1. The zero-order valence-electron chi connectivity index (χ0n) is 16.2. The molecule has 28 heavy (non-hydrogen) atoms. The fourth-order valence-corrected chi connectivity index (χ4v) is 5.09. The summed E-state index contributed by atoms with van der Waals surface area (Å²) in [5.41, 5.74) is 2.03. The predicted molar refractivity (Wildman–Crippen MR) is 108 cm³/mol. The summed E-state index contributed by atoms with van der Waals surface area (Å²) in [6.07, 6.45) is 1.72. The van der Waals surface area contributed by atoms with E-state index in [1.165, 1.54) is 18.7 Å². The summed E-state index contributed by atoms with van der Waals surface area (Å²) in [7, 11) is -2.46. The van der Waals surface area contributed by atoms with Gasteiger partial charge in [-0.2, -0.15) is 0 Å². The minimum atomic E-state index is -3.74. The molecule has 0 saturated carbocycles. The van der Waals surface area contributed by atoms with Gasteiger partial charge in [-0.3, -0.25) is 4.90 Å². The van der Waals surface area contributed by atoms with Crippen LogP contribution in [0, 0.1) is 6.92 Å². The lowest BCUT2D eigenvalue weighted by Crippen LogP contribution is -2.47. The first kappa shape index (κ1) is 20.5. The van der Waals surface area contributed by atoms with Crippen molar-refractivity contribution in [3.05, 3.63) is 65.2 Å². The molecule has 3 rings (SSSR count). The van der Waals surface area contributed by atoms with E-state index in [0.717, 1.165) is 25.9 Å². The van der Waals surface area contributed by atoms with E-state index in [1.807, 2.05) is 18.2 Å². The zero-order chi connectivity index (χ0) is 20.1. The third-order valence-electron chi connectivity index (χ3n) is 4.98. The van der Waals surface area contributed by atoms with E-state index in [9.17, 15) is 13.2 Å². The molecule has 6 nitrogen and oxygen atoms in total. The monoisotopic (exact) mass is 402 g/mol. The number of carbonyl (C=O) groups excluding carboxylic acids is 1. The molecule has 1 aliphatic heterocycles. The van der Waals surface area contributed by atoms with E-state index < -0.39 is 16.0 Å². The SMILES string of the molecule is COC(=O)c1ccc(C)c(S(=O)(=O)NC2CCCN(Cc3ccccc3)C2)c1. The summed E-state index contributed by atoms with van der Waals surface area (Å²) >= 11 is 0. The minimum Gasteiger partial charge on any atom is -0.465 e. The first-order valence-corrected chi connectivity index (χ1v) is 10.8. The first-order chi connectivity index (χ1) is 13.4. The van der Waals surface area contributed by atoms with Gasteiger partial charge in [-0.15, -0.1) is 0 Å². The van der Waals surface area contributed by atoms with Crippen LogP contribution in [0.2, 0.25) is 0 Å². The number of hydrogen-bond donors (Lipinski definition) is 1. The maximum Gasteiger partial charge on any atom is 0.337 e. The number of aryl methyl sites for hydroxylation is 1. The van der Waals surface area contributed by atoms with E-state index in [2.05, 4.69) is 21.8 Å². The molecule has 1 fully saturated rings. The highest BCUT2D eigenvalue weighted by atomic mass is 32.2. The van der Waals surface area contributed by atoms with E-state index in [1.54, 1.807) is 19.1 Å². The van der Waals surface area contributed by atoms with Crippen LogP contribution in [0.5, 0.6) is 0 Å². The lowest BCUT2D eigenvalue weighted by atomic mass is 10.1. The zero-order valence-corrected chi connectivity index (χ0v) is 17.0. The van der Waals surface area contributed by atoms with Crippen LogP contribution in [0.15, 0.2) is 53.4 Å². The van der Waals surface area contributed by atoms with Crippen molar-refractivity contribution < 1.29 is 17.9 Å². The highest BCUT2D eigenvalue weighted by molar-refractivity contribution is 7.89. The second-order valence-corrected chi connectivity index (χ2v) is 8.84. The number of carbonyl (C=O) groups is 1. The molecule has 0 aromatic heterocycles. The van der Waals surface area contributed by atoms with Crippen LogP contribution >= 0.6 is 0 Å². The number of rotatable bonds is 6. The number of esters is 1. The van der Waals surface area contributed by atoms with Gasteiger partial charge in [0.1, 0.15) is 0 Å². The summed E-state index contributed by atoms with van der Waals surface area (Å²) in [5, 5.41) is 0. The average molecular weight is 403 g/mol. The van der Waals surface area contributed by atoms with Gasteiger partial charge in [-0.1, -0.05) is 36.4 Å². The molecular weight excluding hydrogens is 376 g/mol. The largest absolute Gasteiger partial charge is 0.465 e. The average Bonchev–Trinajstić information content (AvgIpc) is 2.68. The minimum absolute atomic E-state index is 0.121. The Hall–Kier alpha value is -2.22. The van der Waals surface area contributed by atoms with Crippen molar-refractivity contribution in [2.75, 3.05) is 20.2 Å². The van der Waals surface area contributed by atoms with Gasteiger partial charge in [-0.05, 0) is 49.6 Å². The summed E-state index contributed by atoms with van der Waals surface area (Å²) in [5.74, 6) is -0.553. The molecule has 1 saturated heterocycles. The molecule has 1 atom stereocenters. The molecule has 2 aromatic rings. The second kappa shape index (κ2) is 8.86. The number of nitrogens with zero attached hydrogens (tertiary/aromatic N) is 1. The van der Waals surface area contributed by atoms with E-state index in [-0.39, 0.29) is 16.5 Å². The van der Waals surface area contributed by atoms with Gasteiger partial charge in [0.2, 0.25) is 10.0 Å². The van der Waals surface area contributed by atoms with Gasteiger partial charge in [0.25, 0.3) is 0 Å². The molecule has 0 aliphatic carbocycles. The number of benzene rings is 2. The summed E-state index contributed by atoms with van der Waals surface area (Å²) in [4.78, 5) is 14.2. The van der Waals surface area contributed by atoms with Crippen molar-refractivity contribution in [2.45, 2.75) is 37.2 Å². The maximum atomic E-state index is 13.0. The number of ether oxygens (including phenoxy) is 1. The topological polar surface area (TPSA) is 75.7 Å². The van der Waals surface area contributed by atoms with Crippen molar-refractivity contribution in [1.82, 2.24) is 9.62 Å². The quantitative estimate of drug-likeness (QED) is 0.752. The number of nitrogens with one attached hydrogen (secondary N) is 1. The molecule has 0 spiro atoms. The Morgan fingerprint density at radius 3 is 2.68 bits per heavy atom. The molecule has 7 heteroatoms. The molecule has 1 heterocycles. The Kier molecular flexibility index (Phi) is 6.49. The van der Waals surface area contributed by atoms with Crippen molar-refractivity contribution in [3.8, 4) is 0 Å². The first-order valence-electron chi connectivity index (χ1n) is 9.36. The third kappa shape index (κ3) is 4.98. The van der Waals surface area contributed by atoms with E-state index in [4.69, 9.17) is 4.74 Å². The number of sulfonamides is 1. The van der Waals surface area contributed by atoms with Crippen LogP contribution in [0.3, 0.4) is 0 Å². The Morgan fingerprint density at radius 1 is 1.21 bits per heavy atom. The van der Waals surface area contributed by atoms with E-state index in [0.29, 0.717) is 12.1 Å². The fourth-order valence-electron chi connectivity index (χ4n) is 3.55. The lowest BCUT2D eigenvalue weighted by molar-refractivity contribution is 0.0600. The van der Waals surface area contributed by atoms with Crippen LogP contribution in [-0.2, 0) is 21.3 Å². The van der Waals surface area contributed by atoms with Gasteiger partial charge < -0.3 is 4.74 Å². The Bertz CT molecular complexity index is 929. The van der Waals surface area contributed by atoms with Gasteiger partial charge in [-0.25, -0.2) is 17.9 Å². The highest BCUT2D eigenvalue weighted by Gasteiger charge is 2.27. The molecule has 0 amide bonds. The number of methoxy groups -OCH3 is 1. The Labute approximate surface area is 166 Å². The van der Waals surface area contributed by atoms with Crippen LogP contribution in [-0.4, -0.2) is 45.5 Å². The Balaban J connectivity index is 1.72. The van der Waals surface area contributed by atoms with Crippen LogP contribution in [0.25, 0.3) is 0 Å². The number of piperidine rings is 1. The molecule has 1 aliphatic rings. The molecule has 150 valence electrons. The van der Waals surface area contributed by atoms with Crippen molar-refractivity contribution >= 4 is 16.0 Å². The number of hydrogen-bond acceptors (Lipinski definition) is 5.